The lowest BCUT2D eigenvalue weighted by atomic mass is 10.1. The molecule has 0 atom stereocenters. The van der Waals surface area contributed by atoms with Gasteiger partial charge in [0.25, 0.3) is 0 Å². The van der Waals surface area contributed by atoms with Crippen molar-refractivity contribution in [1.82, 2.24) is 9.88 Å². The highest BCUT2D eigenvalue weighted by Crippen LogP contribution is 2.52. The number of rotatable bonds is 4. The van der Waals surface area contributed by atoms with Crippen molar-refractivity contribution in [3.05, 3.63) is 29.1 Å². The lowest BCUT2D eigenvalue weighted by molar-refractivity contribution is 0.312. The van der Waals surface area contributed by atoms with Gasteiger partial charge in [0.05, 0.1) is 0 Å². The highest BCUT2D eigenvalue weighted by Gasteiger charge is 2.47. The Bertz CT molecular complexity index is 486. The molecule has 2 heteroatoms. The molecule has 0 radical (unpaired) electrons. The van der Waals surface area contributed by atoms with E-state index in [0.717, 1.165) is 24.3 Å². The van der Waals surface area contributed by atoms with E-state index in [-0.39, 0.29) is 0 Å². The summed E-state index contributed by atoms with van der Waals surface area (Å²) in [5.41, 5.74) is 4.92. The van der Waals surface area contributed by atoms with Crippen LogP contribution in [0.1, 0.15) is 61.9 Å². The lowest BCUT2D eigenvalue weighted by Crippen LogP contribution is -2.20. The smallest absolute Gasteiger partial charge is 0.0441 e. The second-order valence-electron chi connectivity index (χ2n) is 6.98. The molecule has 2 aliphatic carbocycles. The predicted octanol–water partition coefficient (Wildman–Crippen LogP) is 3.51. The third kappa shape index (κ3) is 2.43. The van der Waals surface area contributed by atoms with Crippen molar-refractivity contribution in [3.8, 4) is 0 Å². The molecule has 2 saturated carbocycles. The normalized spacial score (nSPS) is 25.1. The minimum atomic E-state index is 0.750. The zero-order chi connectivity index (χ0) is 12.9. The first-order chi connectivity index (χ1) is 9.26. The molecule has 2 nitrogen and oxygen atoms in total. The van der Waals surface area contributed by atoms with E-state index in [1.807, 2.05) is 0 Å². The van der Waals surface area contributed by atoms with Gasteiger partial charge in [-0.2, -0.15) is 0 Å². The molecule has 3 aliphatic rings. The predicted molar refractivity (Wildman–Crippen MR) is 77.2 cm³/mol. The summed E-state index contributed by atoms with van der Waals surface area (Å²) in [5.74, 6) is 0.776. The average Bonchev–Trinajstić information content (AvgIpc) is 3.30. The summed E-state index contributed by atoms with van der Waals surface area (Å²) in [7, 11) is 0. The minimum Gasteiger partial charge on any atom is -0.299 e. The van der Waals surface area contributed by atoms with E-state index >= 15 is 0 Å². The quantitative estimate of drug-likeness (QED) is 0.819. The maximum absolute atomic E-state index is 4.81. The van der Waals surface area contributed by atoms with Crippen molar-refractivity contribution in [2.45, 2.75) is 57.9 Å². The van der Waals surface area contributed by atoms with Gasteiger partial charge in [-0.3, -0.25) is 9.88 Å². The molecule has 102 valence electrons. The summed E-state index contributed by atoms with van der Waals surface area (Å²) in [5, 5.41) is 0. The van der Waals surface area contributed by atoms with Crippen molar-refractivity contribution in [2.75, 3.05) is 13.1 Å². The molecule has 2 heterocycles. The second-order valence-corrected chi connectivity index (χ2v) is 6.98. The third-order valence-electron chi connectivity index (χ3n) is 5.20. The SMILES string of the molecule is CCc1cc(CN2CCC3(CC3)C2)cc(C2CC2)n1. The summed E-state index contributed by atoms with van der Waals surface area (Å²) >= 11 is 0. The highest BCUT2D eigenvalue weighted by atomic mass is 15.2. The number of pyridine rings is 1. The van der Waals surface area contributed by atoms with Gasteiger partial charge in [0.2, 0.25) is 0 Å². The van der Waals surface area contributed by atoms with E-state index in [1.54, 1.807) is 0 Å². The van der Waals surface area contributed by atoms with Gasteiger partial charge >= 0.3 is 0 Å². The minimum absolute atomic E-state index is 0.750. The number of aromatic nitrogens is 1. The highest BCUT2D eigenvalue weighted by molar-refractivity contribution is 5.26. The maximum atomic E-state index is 4.81. The van der Waals surface area contributed by atoms with E-state index in [0.29, 0.717) is 0 Å². The monoisotopic (exact) mass is 256 g/mol. The van der Waals surface area contributed by atoms with Crippen LogP contribution in [0.5, 0.6) is 0 Å². The standard InChI is InChI=1S/C17H24N2/c1-2-15-9-13(10-16(18-15)14-3-4-14)11-19-8-7-17(12-19)5-6-17/h9-10,14H,2-8,11-12H2,1H3. The van der Waals surface area contributed by atoms with Crippen LogP contribution in [0, 0.1) is 5.41 Å². The largest absolute Gasteiger partial charge is 0.299 e. The molecule has 0 bridgehead atoms. The summed E-state index contributed by atoms with van der Waals surface area (Å²) in [6, 6.07) is 4.72. The Morgan fingerprint density at radius 2 is 2.11 bits per heavy atom. The Morgan fingerprint density at radius 3 is 2.74 bits per heavy atom. The van der Waals surface area contributed by atoms with E-state index in [2.05, 4.69) is 24.0 Å². The van der Waals surface area contributed by atoms with E-state index in [9.17, 15) is 0 Å². The van der Waals surface area contributed by atoms with Gasteiger partial charge in [-0.05, 0) is 68.2 Å². The number of aryl methyl sites for hydroxylation is 1. The molecule has 1 aliphatic heterocycles. The maximum Gasteiger partial charge on any atom is 0.0441 e. The molecule has 1 aromatic rings. The first kappa shape index (κ1) is 11.9. The van der Waals surface area contributed by atoms with Gasteiger partial charge in [0.15, 0.2) is 0 Å². The van der Waals surface area contributed by atoms with Gasteiger partial charge in [0, 0.05) is 30.4 Å². The number of hydrogen-bond acceptors (Lipinski definition) is 2. The van der Waals surface area contributed by atoms with Gasteiger partial charge < -0.3 is 0 Å². The van der Waals surface area contributed by atoms with Crippen molar-refractivity contribution < 1.29 is 0 Å². The van der Waals surface area contributed by atoms with Crippen LogP contribution >= 0.6 is 0 Å². The fraction of sp³-hybridized carbons (Fsp3) is 0.706. The number of nitrogens with zero attached hydrogens (tertiary/aromatic N) is 2. The molecule has 1 spiro atoms. The number of hydrogen-bond donors (Lipinski definition) is 0. The first-order valence-corrected chi connectivity index (χ1v) is 7.98. The lowest BCUT2D eigenvalue weighted by Gasteiger charge is -2.17. The van der Waals surface area contributed by atoms with Crippen LogP contribution in [-0.2, 0) is 13.0 Å². The van der Waals surface area contributed by atoms with Crippen LogP contribution in [0.2, 0.25) is 0 Å². The molecular weight excluding hydrogens is 232 g/mol. The van der Waals surface area contributed by atoms with Crippen LogP contribution in [0.3, 0.4) is 0 Å². The second kappa shape index (κ2) is 4.31. The van der Waals surface area contributed by atoms with Gasteiger partial charge in [-0.25, -0.2) is 0 Å². The molecule has 1 saturated heterocycles. The average molecular weight is 256 g/mol. The molecule has 0 N–H and O–H groups in total. The summed E-state index contributed by atoms with van der Waals surface area (Å²) in [6.45, 7) is 6.02. The summed E-state index contributed by atoms with van der Waals surface area (Å²) in [4.78, 5) is 7.48. The van der Waals surface area contributed by atoms with Crippen LogP contribution in [0.25, 0.3) is 0 Å². The Balaban J connectivity index is 1.51. The van der Waals surface area contributed by atoms with Crippen LogP contribution in [-0.4, -0.2) is 23.0 Å². The van der Waals surface area contributed by atoms with E-state index in [4.69, 9.17) is 4.98 Å². The van der Waals surface area contributed by atoms with Gasteiger partial charge in [-0.1, -0.05) is 6.92 Å². The van der Waals surface area contributed by atoms with Crippen LogP contribution < -0.4 is 0 Å². The van der Waals surface area contributed by atoms with Gasteiger partial charge in [-0.15, -0.1) is 0 Å². The molecule has 4 rings (SSSR count). The zero-order valence-electron chi connectivity index (χ0n) is 12.0. The van der Waals surface area contributed by atoms with Gasteiger partial charge in [0.1, 0.15) is 0 Å². The third-order valence-corrected chi connectivity index (χ3v) is 5.20. The van der Waals surface area contributed by atoms with Crippen molar-refractivity contribution in [3.63, 3.8) is 0 Å². The van der Waals surface area contributed by atoms with E-state index < -0.39 is 0 Å². The summed E-state index contributed by atoms with van der Waals surface area (Å²) in [6.07, 6.45) is 8.17. The summed E-state index contributed by atoms with van der Waals surface area (Å²) < 4.78 is 0. The number of likely N-dealkylation sites (tertiary alicyclic amines) is 1. The molecule has 1 aromatic heterocycles. The molecule has 0 aromatic carbocycles. The zero-order valence-corrected chi connectivity index (χ0v) is 12.0. The first-order valence-electron chi connectivity index (χ1n) is 7.98. The Morgan fingerprint density at radius 1 is 1.26 bits per heavy atom. The molecule has 0 unspecified atom stereocenters. The molecule has 3 fully saturated rings. The fourth-order valence-electron chi connectivity index (χ4n) is 3.54. The van der Waals surface area contributed by atoms with Crippen LogP contribution in [0.4, 0.5) is 0 Å². The van der Waals surface area contributed by atoms with Crippen molar-refractivity contribution in [1.29, 1.82) is 0 Å². The van der Waals surface area contributed by atoms with Crippen LogP contribution in [0.15, 0.2) is 12.1 Å². The molecular formula is C17H24N2. The Labute approximate surface area is 116 Å². The Hall–Kier alpha value is -0.890. The van der Waals surface area contributed by atoms with Crippen molar-refractivity contribution in [2.24, 2.45) is 5.41 Å². The topological polar surface area (TPSA) is 16.1 Å². The van der Waals surface area contributed by atoms with Crippen molar-refractivity contribution >= 4 is 0 Å². The Kier molecular flexibility index (Phi) is 2.70. The fourth-order valence-corrected chi connectivity index (χ4v) is 3.54. The molecule has 0 amide bonds. The van der Waals surface area contributed by atoms with E-state index in [1.165, 1.54) is 62.1 Å². The molecule has 19 heavy (non-hydrogen) atoms.